The Hall–Kier alpha value is -4.21. The Morgan fingerprint density at radius 2 is 1.63 bits per heavy atom. The van der Waals surface area contributed by atoms with Crippen molar-refractivity contribution in [3.63, 3.8) is 0 Å². The van der Waals surface area contributed by atoms with Gasteiger partial charge in [-0.1, -0.05) is 72.4 Å². The number of nitrogens with one attached hydrogen (secondary N) is 1. The molecule has 0 radical (unpaired) electrons. The van der Waals surface area contributed by atoms with E-state index in [1.807, 2.05) is 67.6 Å². The summed E-state index contributed by atoms with van der Waals surface area (Å²) < 4.78 is 6.36. The Morgan fingerprint density at radius 3 is 2.34 bits per heavy atom. The summed E-state index contributed by atoms with van der Waals surface area (Å²) in [5.74, 6) is -0.899. The molecule has 0 aliphatic carbocycles. The number of esters is 1. The number of amides is 1. The van der Waals surface area contributed by atoms with E-state index in [0.29, 0.717) is 26.7 Å². The van der Waals surface area contributed by atoms with Crippen LogP contribution in [0.15, 0.2) is 94.9 Å². The van der Waals surface area contributed by atoms with Gasteiger partial charge in [0.2, 0.25) is 5.91 Å². The van der Waals surface area contributed by atoms with Gasteiger partial charge in [0.1, 0.15) is 4.83 Å². The Bertz CT molecular complexity index is 1700. The fourth-order valence-electron chi connectivity index (χ4n) is 4.19. The molecule has 0 saturated carbocycles. The van der Waals surface area contributed by atoms with Crippen molar-refractivity contribution in [2.45, 2.75) is 12.1 Å². The predicted molar refractivity (Wildman–Crippen MR) is 153 cm³/mol. The van der Waals surface area contributed by atoms with E-state index >= 15 is 0 Å². The van der Waals surface area contributed by atoms with Crippen LogP contribution < -0.4 is 10.9 Å². The van der Waals surface area contributed by atoms with E-state index in [1.165, 1.54) is 18.4 Å². The first kappa shape index (κ1) is 25.4. The average molecular weight is 542 g/mol. The molecule has 7 nitrogen and oxygen atoms in total. The highest BCUT2D eigenvalue weighted by Gasteiger charge is 2.22. The van der Waals surface area contributed by atoms with Crippen LogP contribution in [-0.4, -0.2) is 34.3 Å². The molecule has 2 aromatic heterocycles. The molecule has 3 aromatic carbocycles. The number of carbonyl (C=O) groups excluding carboxylic acids is 2. The lowest BCUT2D eigenvalue weighted by atomic mass is 10.0. The number of aromatic nitrogens is 2. The molecule has 1 amide bonds. The van der Waals surface area contributed by atoms with Crippen LogP contribution in [0.5, 0.6) is 0 Å². The van der Waals surface area contributed by atoms with Gasteiger partial charge in [0.25, 0.3) is 5.56 Å². The Morgan fingerprint density at radius 1 is 0.974 bits per heavy atom. The van der Waals surface area contributed by atoms with Crippen molar-refractivity contribution in [2.75, 3.05) is 18.2 Å². The second kappa shape index (κ2) is 11.0. The number of hydrogen-bond donors (Lipinski definition) is 1. The second-order valence-corrected chi connectivity index (χ2v) is 10.5. The van der Waals surface area contributed by atoms with Crippen LogP contribution in [0, 0.1) is 6.92 Å². The van der Waals surface area contributed by atoms with Crippen molar-refractivity contribution in [1.82, 2.24) is 9.55 Å². The van der Waals surface area contributed by atoms with Crippen molar-refractivity contribution >= 4 is 50.9 Å². The van der Waals surface area contributed by atoms with Gasteiger partial charge in [0.15, 0.2) is 5.16 Å². The molecule has 0 fully saturated rings. The summed E-state index contributed by atoms with van der Waals surface area (Å²) in [7, 11) is 1.29. The summed E-state index contributed by atoms with van der Waals surface area (Å²) in [4.78, 5) is 45.4. The highest BCUT2D eigenvalue weighted by atomic mass is 32.2. The SMILES string of the molecule is COC(=O)c1ccccc1NC(=O)CSc1nc2sc(C)c(-c3ccccc3)c2c(=O)n1-c1ccccc1. The van der Waals surface area contributed by atoms with Crippen molar-refractivity contribution in [1.29, 1.82) is 0 Å². The van der Waals surface area contributed by atoms with Gasteiger partial charge >= 0.3 is 5.97 Å². The number of aryl methyl sites for hydroxylation is 1. The van der Waals surface area contributed by atoms with Gasteiger partial charge in [-0.05, 0) is 36.8 Å². The van der Waals surface area contributed by atoms with Crippen LogP contribution in [0.2, 0.25) is 0 Å². The van der Waals surface area contributed by atoms with Crippen molar-refractivity contribution in [2.24, 2.45) is 0 Å². The van der Waals surface area contributed by atoms with Crippen LogP contribution >= 0.6 is 23.1 Å². The van der Waals surface area contributed by atoms with Crippen LogP contribution in [0.3, 0.4) is 0 Å². The summed E-state index contributed by atoms with van der Waals surface area (Å²) in [5.41, 5.74) is 2.92. The maximum absolute atomic E-state index is 14.0. The number of nitrogens with zero attached hydrogens (tertiary/aromatic N) is 2. The zero-order valence-corrected chi connectivity index (χ0v) is 22.3. The first-order valence-corrected chi connectivity index (χ1v) is 13.5. The van der Waals surface area contributed by atoms with Crippen molar-refractivity contribution < 1.29 is 14.3 Å². The number of thiophene rings is 1. The zero-order valence-electron chi connectivity index (χ0n) is 20.6. The van der Waals surface area contributed by atoms with E-state index < -0.39 is 5.97 Å². The summed E-state index contributed by atoms with van der Waals surface area (Å²) in [6, 6.07) is 25.7. The summed E-state index contributed by atoms with van der Waals surface area (Å²) in [6.07, 6.45) is 0. The maximum Gasteiger partial charge on any atom is 0.339 e. The maximum atomic E-state index is 14.0. The monoisotopic (exact) mass is 541 g/mol. The van der Waals surface area contributed by atoms with E-state index in [4.69, 9.17) is 9.72 Å². The third kappa shape index (κ3) is 4.98. The first-order chi connectivity index (χ1) is 18.5. The molecule has 2 heterocycles. The lowest BCUT2D eigenvalue weighted by Gasteiger charge is -2.13. The van der Waals surface area contributed by atoms with Crippen LogP contribution in [0.1, 0.15) is 15.2 Å². The molecule has 0 atom stereocenters. The zero-order chi connectivity index (χ0) is 26.6. The number of ether oxygens (including phenoxy) is 1. The third-order valence-corrected chi connectivity index (χ3v) is 7.82. The summed E-state index contributed by atoms with van der Waals surface area (Å²) >= 11 is 2.62. The topological polar surface area (TPSA) is 90.3 Å². The van der Waals surface area contributed by atoms with Gasteiger partial charge in [-0.2, -0.15) is 0 Å². The minimum absolute atomic E-state index is 0.0177. The normalized spacial score (nSPS) is 10.9. The van der Waals surface area contributed by atoms with E-state index in [9.17, 15) is 14.4 Å². The predicted octanol–water partition coefficient (Wildman–Crippen LogP) is 5.94. The molecule has 190 valence electrons. The second-order valence-electron chi connectivity index (χ2n) is 8.32. The molecule has 5 rings (SSSR count). The highest BCUT2D eigenvalue weighted by molar-refractivity contribution is 7.99. The fraction of sp³-hybridized carbons (Fsp3) is 0.103. The molecular formula is C29H23N3O4S2. The molecular weight excluding hydrogens is 518 g/mol. The number of benzene rings is 3. The lowest BCUT2D eigenvalue weighted by Crippen LogP contribution is -2.23. The molecule has 0 spiro atoms. The Labute approximate surface area is 227 Å². The number of rotatable bonds is 7. The van der Waals surface area contributed by atoms with Crippen molar-refractivity contribution in [3.05, 3.63) is 106 Å². The quantitative estimate of drug-likeness (QED) is 0.156. The molecule has 0 aliphatic rings. The van der Waals surface area contributed by atoms with Crippen molar-refractivity contribution in [3.8, 4) is 16.8 Å². The molecule has 5 aromatic rings. The van der Waals surface area contributed by atoms with E-state index in [0.717, 1.165) is 27.8 Å². The molecule has 1 N–H and O–H groups in total. The van der Waals surface area contributed by atoms with Gasteiger partial charge < -0.3 is 10.1 Å². The van der Waals surface area contributed by atoms with E-state index in [2.05, 4.69) is 5.32 Å². The molecule has 0 aliphatic heterocycles. The molecule has 9 heteroatoms. The number of hydrogen-bond acceptors (Lipinski definition) is 7. The molecule has 0 unspecified atom stereocenters. The van der Waals surface area contributed by atoms with Crippen LogP contribution in [0.25, 0.3) is 27.0 Å². The minimum atomic E-state index is -0.541. The molecule has 38 heavy (non-hydrogen) atoms. The molecule has 0 bridgehead atoms. The van der Waals surface area contributed by atoms with E-state index in [-0.39, 0.29) is 22.8 Å². The van der Waals surface area contributed by atoms with Crippen LogP contribution in [-0.2, 0) is 9.53 Å². The number of thioether (sulfide) groups is 1. The molecule has 0 saturated heterocycles. The van der Waals surface area contributed by atoms with Gasteiger partial charge in [0.05, 0.1) is 35.2 Å². The fourth-order valence-corrected chi connectivity index (χ4v) is 6.09. The average Bonchev–Trinajstić information content (AvgIpc) is 3.28. The van der Waals surface area contributed by atoms with Gasteiger partial charge in [-0.25, -0.2) is 9.78 Å². The van der Waals surface area contributed by atoms with Gasteiger partial charge in [-0.15, -0.1) is 11.3 Å². The highest BCUT2D eigenvalue weighted by Crippen LogP contribution is 2.37. The number of methoxy groups -OCH3 is 1. The largest absolute Gasteiger partial charge is 0.465 e. The Balaban J connectivity index is 1.53. The summed E-state index contributed by atoms with van der Waals surface area (Å²) in [6.45, 7) is 1.99. The van der Waals surface area contributed by atoms with Gasteiger partial charge in [-0.3, -0.25) is 14.2 Å². The Kier molecular flexibility index (Phi) is 7.39. The van der Waals surface area contributed by atoms with Gasteiger partial charge in [0, 0.05) is 10.4 Å². The standard InChI is InChI=1S/C29H23N3O4S2/c1-18-24(19-11-5-3-6-12-19)25-26(38-18)31-29(32(27(25)34)20-13-7-4-8-14-20)37-17-23(33)30-22-16-10-9-15-21(22)28(35)36-2/h3-16H,17H2,1-2H3,(H,30,33). The first-order valence-electron chi connectivity index (χ1n) is 11.7. The minimum Gasteiger partial charge on any atom is -0.465 e. The number of para-hydroxylation sites is 2. The number of fused-ring (bicyclic) bond motifs is 1. The third-order valence-electron chi connectivity index (χ3n) is 5.89. The van der Waals surface area contributed by atoms with Crippen LogP contribution in [0.4, 0.5) is 5.69 Å². The smallest absolute Gasteiger partial charge is 0.339 e. The van der Waals surface area contributed by atoms with E-state index in [1.54, 1.807) is 28.8 Å². The number of carbonyl (C=O) groups is 2. The summed E-state index contributed by atoms with van der Waals surface area (Å²) in [5, 5.41) is 3.74. The number of anilines is 1. The lowest BCUT2D eigenvalue weighted by molar-refractivity contribution is -0.113.